The van der Waals surface area contributed by atoms with Crippen LogP contribution < -0.4 is 10.3 Å². The Morgan fingerprint density at radius 2 is 2.12 bits per heavy atom. The molecule has 130 valence electrons. The maximum Gasteiger partial charge on any atom is 0.376 e. The summed E-state index contributed by atoms with van der Waals surface area (Å²) in [6, 6.07) is 15.2. The fourth-order valence-electron chi connectivity index (χ4n) is 2.84. The molecule has 0 aromatic heterocycles. The molecule has 0 atom stereocenters. The first-order valence-electron chi connectivity index (χ1n) is 8.31. The standard InChI is InChI=1S/C19H20ClN3O2/c1-2-25-19(24)18(22-21-16-10-5-9-15(20)13-16)23-12-6-8-14-7-3-4-11-17(14)23/h3-5,7,9-11,13,21H,2,6,8,12H2,1H3/b22-18-. The number of fused-ring (bicyclic) bond motifs is 1. The predicted octanol–water partition coefficient (Wildman–Crippen LogP) is 4.08. The zero-order chi connectivity index (χ0) is 17.6. The van der Waals surface area contributed by atoms with Gasteiger partial charge in [0.15, 0.2) is 0 Å². The van der Waals surface area contributed by atoms with E-state index in [0.29, 0.717) is 23.9 Å². The molecule has 2 aromatic carbocycles. The van der Waals surface area contributed by atoms with Gasteiger partial charge in [-0.15, -0.1) is 5.10 Å². The number of amidine groups is 1. The van der Waals surface area contributed by atoms with E-state index in [4.69, 9.17) is 16.3 Å². The Hall–Kier alpha value is -2.53. The number of hydrogen-bond donors (Lipinski definition) is 1. The van der Waals surface area contributed by atoms with Crippen LogP contribution in [0.5, 0.6) is 0 Å². The van der Waals surface area contributed by atoms with Gasteiger partial charge in [0.05, 0.1) is 12.3 Å². The van der Waals surface area contributed by atoms with Crippen molar-refractivity contribution in [2.45, 2.75) is 19.8 Å². The van der Waals surface area contributed by atoms with Gasteiger partial charge in [-0.25, -0.2) is 4.79 Å². The number of rotatable bonds is 3. The number of ether oxygens (including phenoxy) is 1. The molecule has 0 aliphatic carbocycles. The lowest BCUT2D eigenvalue weighted by molar-refractivity contribution is -0.135. The van der Waals surface area contributed by atoms with E-state index >= 15 is 0 Å². The molecule has 0 unspecified atom stereocenters. The summed E-state index contributed by atoms with van der Waals surface area (Å²) >= 11 is 6.00. The van der Waals surface area contributed by atoms with Crippen molar-refractivity contribution in [1.29, 1.82) is 0 Å². The smallest absolute Gasteiger partial charge is 0.376 e. The Bertz CT molecular complexity index is 792. The third-order valence-corrected chi connectivity index (χ3v) is 4.17. The third kappa shape index (κ3) is 4.12. The van der Waals surface area contributed by atoms with E-state index in [1.54, 1.807) is 19.1 Å². The first-order chi connectivity index (χ1) is 12.2. The van der Waals surface area contributed by atoms with Crippen molar-refractivity contribution in [3.05, 3.63) is 59.1 Å². The molecule has 1 aliphatic heterocycles. The lowest BCUT2D eigenvalue weighted by atomic mass is 10.0. The number of nitrogens with one attached hydrogen (secondary N) is 1. The zero-order valence-electron chi connectivity index (χ0n) is 14.0. The highest BCUT2D eigenvalue weighted by Gasteiger charge is 2.26. The number of hydrogen-bond acceptors (Lipinski definition) is 4. The van der Waals surface area contributed by atoms with Crippen molar-refractivity contribution in [2.24, 2.45) is 5.10 Å². The molecule has 5 nitrogen and oxygen atoms in total. The van der Waals surface area contributed by atoms with E-state index in [0.717, 1.165) is 18.5 Å². The average Bonchev–Trinajstić information content (AvgIpc) is 2.62. The molecule has 0 bridgehead atoms. The molecular weight excluding hydrogens is 338 g/mol. The molecule has 1 heterocycles. The van der Waals surface area contributed by atoms with E-state index in [-0.39, 0.29) is 5.84 Å². The molecule has 25 heavy (non-hydrogen) atoms. The van der Waals surface area contributed by atoms with Gasteiger partial charge in [-0.2, -0.15) is 0 Å². The maximum absolute atomic E-state index is 12.5. The first-order valence-corrected chi connectivity index (χ1v) is 8.68. The number of carbonyl (C=O) groups excluding carboxylic acids is 1. The SMILES string of the molecule is CCOC(=O)/C(=N/Nc1cccc(Cl)c1)N1CCCc2ccccc21. The Labute approximate surface area is 152 Å². The Kier molecular flexibility index (Phi) is 5.56. The quantitative estimate of drug-likeness (QED) is 0.389. The van der Waals surface area contributed by atoms with Gasteiger partial charge in [-0.1, -0.05) is 35.9 Å². The second-order valence-corrected chi connectivity index (χ2v) is 6.10. The van der Waals surface area contributed by atoms with Crippen LogP contribution >= 0.6 is 11.6 Å². The zero-order valence-corrected chi connectivity index (χ0v) is 14.8. The lowest BCUT2D eigenvalue weighted by Crippen LogP contribution is -2.41. The Morgan fingerprint density at radius 3 is 2.92 bits per heavy atom. The van der Waals surface area contributed by atoms with Crippen molar-refractivity contribution < 1.29 is 9.53 Å². The van der Waals surface area contributed by atoms with Crippen molar-refractivity contribution >= 4 is 34.8 Å². The second-order valence-electron chi connectivity index (χ2n) is 5.66. The first kappa shape index (κ1) is 17.3. The predicted molar refractivity (Wildman–Crippen MR) is 101 cm³/mol. The van der Waals surface area contributed by atoms with Gasteiger partial charge in [0.25, 0.3) is 0 Å². The number of carbonyl (C=O) groups is 1. The van der Waals surface area contributed by atoms with Crippen molar-refractivity contribution in [2.75, 3.05) is 23.5 Å². The van der Waals surface area contributed by atoms with Crippen molar-refractivity contribution in [3.8, 4) is 0 Å². The average molecular weight is 358 g/mol. The maximum atomic E-state index is 12.5. The van der Waals surface area contributed by atoms with Crippen LogP contribution in [0.25, 0.3) is 0 Å². The van der Waals surface area contributed by atoms with Crippen LogP contribution in [0.3, 0.4) is 0 Å². The van der Waals surface area contributed by atoms with Gasteiger partial charge in [0.1, 0.15) is 0 Å². The minimum Gasteiger partial charge on any atom is -0.460 e. The summed E-state index contributed by atoms with van der Waals surface area (Å²) in [6.45, 7) is 2.79. The van der Waals surface area contributed by atoms with Gasteiger partial charge >= 0.3 is 5.97 Å². The van der Waals surface area contributed by atoms with Crippen LogP contribution in [-0.4, -0.2) is 25.0 Å². The number of para-hydroxylation sites is 1. The van der Waals surface area contributed by atoms with Gasteiger partial charge in [0, 0.05) is 17.3 Å². The number of nitrogens with zero attached hydrogens (tertiary/aromatic N) is 2. The Morgan fingerprint density at radius 1 is 1.28 bits per heavy atom. The summed E-state index contributed by atoms with van der Waals surface area (Å²) < 4.78 is 5.21. The van der Waals surface area contributed by atoms with Crippen molar-refractivity contribution in [1.82, 2.24) is 0 Å². The summed E-state index contributed by atoms with van der Waals surface area (Å²) in [6.07, 6.45) is 1.94. The largest absolute Gasteiger partial charge is 0.460 e. The number of anilines is 2. The molecule has 1 N–H and O–H groups in total. The fraction of sp³-hybridized carbons (Fsp3) is 0.263. The van der Waals surface area contributed by atoms with Gasteiger partial charge < -0.3 is 9.64 Å². The molecule has 3 rings (SSSR count). The molecule has 2 aromatic rings. The highest BCUT2D eigenvalue weighted by molar-refractivity contribution is 6.41. The highest BCUT2D eigenvalue weighted by Crippen LogP contribution is 2.27. The van der Waals surface area contributed by atoms with Gasteiger partial charge in [0.2, 0.25) is 5.84 Å². The van der Waals surface area contributed by atoms with Gasteiger partial charge in [-0.05, 0) is 49.6 Å². The minimum atomic E-state index is -0.450. The summed E-state index contributed by atoms with van der Waals surface area (Å²) in [5.41, 5.74) is 5.82. The second kappa shape index (κ2) is 8.03. The number of hydrazone groups is 1. The summed E-state index contributed by atoms with van der Waals surface area (Å²) in [7, 11) is 0. The summed E-state index contributed by atoms with van der Waals surface area (Å²) in [4.78, 5) is 14.4. The normalized spacial score (nSPS) is 14.0. The van der Waals surface area contributed by atoms with Crippen molar-refractivity contribution in [3.63, 3.8) is 0 Å². The molecular formula is C19H20ClN3O2. The van der Waals surface area contributed by atoms with Crippen LogP contribution in [0, 0.1) is 0 Å². The van der Waals surface area contributed by atoms with E-state index in [9.17, 15) is 4.79 Å². The fourth-order valence-corrected chi connectivity index (χ4v) is 3.03. The molecule has 0 spiro atoms. The molecule has 0 saturated heterocycles. The topological polar surface area (TPSA) is 53.9 Å². The number of esters is 1. The molecule has 0 amide bonds. The monoisotopic (exact) mass is 357 g/mol. The van der Waals surface area contributed by atoms with E-state index < -0.39 is 5.97 Å². The lowest BCUT2D eigenvalue weighted by Gasteiger charge is -2.30. The third-order valence-electron chi connectivity index (χ3n) is 3.94. The summed E-state index contributed by atoms with van der Waals surface area (Å²) in [5, 5.41) is 4.93. The minimum absolute atomic E-state index is 0.244. The molecule has 0 radical (unpaired) electrons. The molecule has 6 heteroatoms. The van der Waals surface area contributed by atoms with Crippen LogP contribution in [0.15, 0.2) is 53.6 Å². The number of aryl methyl sites for hydroxylation is 1. The van der Waals surface area contributed by atoms with Crippen LogP contribution in [0.2, 0.25) is 5.02 Å². The molecule has 0 saturated carbocycles. The van der Waals surface area contributed by atoms with Gasteiger partial charge in [-0.3, -0.25) is 5.43 Å². The van der Waals surface area contributed by atoms with Crippen LogP contribution in [0.1, 0.15) is 18.9 Å². The Balaban J connectivity index is 1.93. The van der Waals surface area contributed by atoms with Crippen LogP contribution in [0.4, 0.5) is 11.4 Å². The number of benzene rings is 2. The summed E-state index contributed by atoms with van der Waals surface area (Å²) in [5.74, 6) is -0.206. The van der Waals surface area contributed by atoms with E-state index in [2.05, 4.69) is 16.6 Å². The molecule has 1 aliphatic rings. The number of halogens is 1. The van der Waals surface area contributed by atoms with E-state index in [1.807, 2.05) is 35.2 Å². The highest BCUT2D eigenvalue weighted by atomic mass is 35.5. The van der Waals surface area contributed by atoms with Crippen LogP contribution in [-0.2, 0) is 16.0 Å². The molecule has 0 fully saturated rings. The van der Waals surface area contributed by atoms with E-state index in [1.165, 1.54) is 5.56 Å².